The SMILES string of the molecule is CCCCCCCCCCCCc1c(O)cccc1OC(=O)c1ccccc1O. The Hall–Kier alpha value is -2.49. The van der Waals surface area contributed by atoms with Crippen LogP contribution in [0.4, 0.5) is 0 Å². The highest BCUT2D eigenvalue weighted by molar-refractivity contribution is 5.94. The van der Waals surface area contributed by atoms with Crippen molar-refractivity contribution in [1.29, 1.82) is 0 Å². The quantitative estimate of drug-likeness (QED) is 0.222. The summed E-state index contributed by atoms with van der Waals surface area (Å²) in [7, 11) is 0. The normalized spacial score (nSPS) is 10.8. The third-order valence-electron chi connectivity index (χ3n) is 5.22. The van der Waals surface area contributed by atoms with E-state index in [2.05, 4.69) is 6.92 Å². The van der Waals surface area contributed by atoms with Gasteiger partial charge in [-0.05, 0) is 37.1 Å². The van der Waals surface area contributed by atoms with Crippen molar-refractivity contribution in [2.75, 3.05) is 0 Å². The molecule has 0 saturated heterocycles. The lowest BCUT2D eigenvalue weighted by Crippen LogP contribution is -2.10. The molecule has 158 valence electrons. The first-order valence-corrected chi connectivity index (χ1v) is 10.9. The zero-order valence-electron chi connectivity index (χ0n) is 17.5. The van der Waals surface area contributed by atoms with Gasteiger partial charge in [0, 0.05) is 5.56 Å². The van der Waals surface area contributed by atoms with Crippen molar-refractivity contribution in [3.8, 4) is 17.2 Å². The summed E-state index contributed by atoms with van der Waals surface area (Å²) in [6.45, 7) is 2.24. The number of rotatable bonds is 13. The van der Waals surface area contributed by atoms with Crippen LogP contribution in [0, 0.1) is 0 Å². The molecule has 0 fully saturated rings. The Kier molecular flexibility index (Phi) is 10.1. The van der Waals surface area contributed by atoms with Gasteiger partial charge in [-0.15, -0.1) is 0 Å². The molecule has 0 bridgehead atoms. The fraction of sp³-hybridized carbons (Fsp3) is 0.480. The zero-order valence-corrected chi connectivity index (χ0v) is 17.5. The number of benzene rings is 2. The van der Waals surface area contributed by atoms with Gasteiger partial charge in [-0.3, -0.25) is 0 Å². The van der Waals surface area contributed by atoms with Gasteiger partial charge in [-0.2, -0.15) is 0 Å². The second kappa shape index (κ2) is 12.9. The van der Waals surface area contributed by atoms with Gasteiger partial charge in [-0.25, -0.2) is 4.79 Å². The van der Waals surface area contributed by atoms with Crippen LogP contribution in [-0.4, -0.2) is 16.2 Å². The molecule has 0 atom stereocenters. The Bertz CT molecular complexity index is 754. The lowest BCUT2D eigenvalue weighted by atomic mass is 10.0. The van der Waals surface area contributed by atoms with E-state index in [1.54, 1.807) is 30.3 Å². The van der Waals surface area contributed by atoms with Crippen LogP contribution in [0.2, 0.25) is 0 Å². The number of hydrogen-bond donors (Lipinski definition) is 2. The summed E-state index contributed by atoms with van der Waals surface area (Å²) in [5.74, 6) is -0.246. The van der Waals surface area contributed by atoms with E-state index in [0.29, 0.717) is 17.7 Å². The van der Waals surface area contributed by atoms with Crippen LogP contribution >= 0.6 is 0 Å². The molecular formula is C25H34O4. The first-order chi connectivity index (χ1) is 14.1. The van der Waals surface area contributed by atoms with Crippen molar-refractivity contribution in [2.24, 2.45) is 0 Å². The van der Waals surface area contributed by atoms with Gasteiger partial charge >= 0.3 is 5.97 Å². The average molecular weight is 399 g/mol. The van der Waals surface area contributed by atoms with Gasteiger partial charge in [0.15, 0.2) is 0 Å². The molecular weight excluding hydrogens is 364 g/mol. The number of phenolic OH excluding ortho intramolecular Hbond substituents is 2. The van der Waals surface area contributed by atoms with Crippen LogP contribution < -0.4 is 4.74 Å². The van der Waals surface area contributed by atoms with E-state index in [9.17, 15) is 15.0 Å². The number of carbonyl (C=O) groups excluding carboxylic acids is 1. The summed E-state index contributed by atoms with van der Waals surface area (Å²) in [6.07, 6.45) is 13.1. The number of phenols is 2. The predicted molar refractivity (Wildman–Crippen MR) is 117 cm³/mol. The van der Waals surface area contributed by atoms with Crippen LogP contribution in [0.5, 0.6) is 17.2 Å². The predicted octanol–water partition coefficient (Wildman–Crippen LogP) is 6.78. The lowest BCUT2D eigenvalue weighted by Gasteiger charge is -2.12. The van der Waals surface area contributed by atoms with E-state index in [-0.39, 0.29) is 17.1 Å². The number of para-hydroxylation sites is 1. The molecule has 29 heavy (non-hydrogen) atoms. The molecule has 0 spiro atoms. The first-order valence-electron chi connectivity index (χ1n) is 10.9. The Labute approximate surface area is 174 Å². The summed E-state index contributed by atoms with van der Waals surface area (Å²) in [5, 5.41) is 20.1. The molecule has 2 rings (SSSR count). The van der Waals surface area contributed by atoms with Crippen LogP contribution in [0.15, 0.2) is 42.5 Å². The minimum atomic E-state index is -0.627. The molecule has 4 nitrogen and oxygen atoms in total. The molecule has 0 heterocycles. The van der Waals surface area contributed by atoms with E-state index in [1.807, 2.05) is 0 Å². The number of carbonyl (C=O) groups is 1. The molecule has 0 amide bonds. The van der Waals surface area contributed by atoms with Crippen molar-refractivity contribution in [3.05, 3.63) is 53.6 Å². The van der Waals surface area contributed by atoms with Gasteiger partial charge < -0.3 is 14.9 Å². The van der Waals surface area contributed by atoms with Gasteiger partial charge in [0.05, 0.1) is 0 Å². The number of esters is 1. The topological polar surface area (TPSA) is 66.8 Å². The van der Waals surface area contributed by atoms with Gasteiger partial charge in [0.2, 0.25) is 0 Å². The van der Waals surface area contributed by atoms with Crippen molar-refractivity contribution in [2.45, 2.75) is 77.6 Å². The Balaban J connectivity index is 1.79. The van der Waals surface area contributed by atoms with Crippen molar-refractivity contribution in [1.82, 2.24) is 0 Å². The number of ether oxygens (including phenoxy) is 1. The molecule has 2 N–H and O–H groups in total. The monoisotopic (exact) mass is 398 g/mol. The molecule has 2 aromatic rings. The van der Waals surface area contributed by atoms with Gasteiger partial charge in [0.25, 0.3) is 0 Å². The van der Waals surface area contributed by atoms with Crippen LogP contribution in [0.25, 0.3) is 0 Å². The van der Waals surface area contributed by atoms with Crippen LogP contribution in [-0.2, 0) is 6.42 Å². The number of aromatic hydroxyl groups is 2. The smallest absolute Gasteiger partial charge is 0.347 e. The molecule has 4 heteroatoms. The van der Waals surface area contributed by atoms with Crippen LogP contribution in [0.1, 0.15) is 87.1 Å². The van der Waals surface area contributed by atoms with E-state index >= 15 is 0 Å². The second-order valence-corrected chi connectivity index (χ2v) is 7.59. The molecule has 0 aliphatic carbocycles. The minimum absolute atomic E-state index is 0.112. The Morgan fingerprint density at radius 1 is 0.759 bits per heavy atom. The summed E-state index contributed by atoms with van der Waals surface area (Å²) in [6, 6.07) is 11.2. The Morgan fingerprint density at radius 3 is 2.00 bits per heavy atom. The molecule has 2 aromatic carbocycles. The highest BCUT2D eigenvalue weighted by atomic mass is 16.5. The van der Waals surface area contributed by atoms with Crippen molar-refractivity contribution >= 4 is 5.97 Å². The van der Waals surface area contributed by atoms with E-state index in [1.165, 1.54) is 63.5 Å². The third-order valence-corrected chi connectivity index (χ3v) is 5.22. The summed E-state index contributed by atoms with van der Waals surface area (Å²) < 4.78 is 5.48. The lowest BCUT2D eigenvalue weighted by molar-refractivity contribution is 0.0729. The molecule has 0 saturated carbocycles. The molecule has 0 unspecified atom stereocenters. The summed E-state index contributed by atoms with van der Waals surface area (Å²) in [4.78, 5) is 12.4. The largest absolute Gasteiger partial charge is 0.508 e. The van der Waals surface area contributed by atoms with E-state index in [4.69, 9.17) is 4.74 Å². The maximum absolute atomic E-state index is 12.4. The van der Waals surface area contributed by atoms with Crippen molar-refractivity contribution < 1.29 is 19.7 Å². The van der Waals surface area contributed by atoms with E-state index < -0.39 is 5.97 Å². The fourth-order valence-corrected chi connectivity index (χ4v) is 3.49. The van der Waals surface area contributed by atoms with Gasteiger partial charge in [-0.1, -0.05) is 82.9 Å². The zero-order chi connectivity index (χ0) is 20.9. The fourth-order valence-electron chi connectivity index (χ4n) is 3.49. The summed E-state index contributed by atoms with van der Waals surface area (Å²) in [5.41, 5.74) is 0.761. The molecule has 0 aliphatic rings. The van der Waals surface area contributed by atoms with Crippen molar-refractivity contribution in [3.63, 3.8) is 0 Å². The van der Waals surface area contributed by atoms with Gasteiger partial charge in [0.1, 0.15) is 22.8 Å². The molecule has 0 aliphatic heterocycles. The highest BCUT2D eigenvalue weighted by Crippen LogP contribution is 2.30. The molecule has 0 aromatic heterocycles. The number of unbranched alkanes of at least 4 members (excludes halogenated alkanes) is 9. The highest BCUT2D eigenvalue weighted by Gasteiger charge is 2.16. The summed E-state index contributed by atoms with van der Waals surface area (Å²) >= 11 is 0. The minimum Gasteiger partial charge on any atom is -0.508 e. The number of hydrogen-bond acceptors (Lipinski definition) is 4. The maximum Gasteiger partial charge on any atom is 0.347 e. The van der Waals surface area contributed by atoms with E-state index in [0.717, 1.165) is 12.8 Å². The third kappa shape index (κ3) is 7.80. The second-order valence-electron chi connectivity index (χ2n) is 7.59. The first kappa shape index (κ1) is 22.8. The average Bonchev–Trinajstić information content (AvgIpc) is 2.71. The maximum atomic E-state index is 12.4. The molecule has 0 radical (unpaired) electrons. The van der Waals surface area contributed by atoms with Crippen LogP contribution in [0.3, 0.4) is 0 Å². The Morgan fingerprint density at radius 2 is 1.34 bits per heavy atom. The standard InChI is InChI=1S/C25H34O4/c1-2-3-4-5-6-7-8-9-10-11-15-20-22(26)18-14-19-24(20)29-25(28)21-16-12-13-17-23(21)27/h12-14,16-19,26-27H,2-11,15H2,1H3.